The van der Waals surface area contributed by atoms with E-state index in [0.29, 0.717) is 11.4 Å². The number of nitrogens with zero attached hydrogens (tertiary/aromatic N) is 2. The molecule has 1 amide bonds. The van der Waals surface area contributed by atoms with Crippen LogP contribution in [0, 0.1) is 13.8 Å². The second-order valence-corrected chi connectivity index (χ2v) is 6.37. The zero-order valence-electron chi connectivity index (χ0n) is 12.3. The molecule has 6 heteroatoms. The lowest BCUT2D eigenvalue weighted by Crippen LogP contribution is -2.39. The Morgan fingerprint density at radius 3 is 3.00 bits per heavy atom. The number of carbonyl (C=O) groups excluding carboxylic acids is 1. The normalized spacial score (nSPS) is 18.4. The van der Waals surface area contributed by atoms with Crippen molar-refractivity contribution in [1.82, 2.24) is 9.88 Å². The number of aryl methyl sites for hydroxylation is 2. The second-order valence-electron chi connectivity index (χ2n) is 5.37. The fourth-order valence-electron chi connectivity index (χ4n) is 2.73. The molecule has 2 aromatic heterocycles. The predicted molar refractivity (Wildman–Crippen MR) is 82.4 cm³/mol. The van der Waals surface area contributed by atoms with Crippen LogP contribution in [0.25, 0.3) is 10.8 Å². The van der Waals surface area contributed by atoms with Crippen molar-refractivity contribution in [2.45, 2.75) is 32.7 Å². The largest absolute Gasteiger partial charge is 0.459 e. The molecule has 0 radical (unpaired) electrons. The standard InChI is InChI=1S/C15H19N3O2S/c1-9-5-6-12(20-9)14-17-10(2)13(21-14)15(19)18-7-3-4-11(18)8-16/h5-6,11H,3-4,7-8,16H2,1-2H3. The minimum atomic E-state index is 0.0486. The summed E-state index contributed by atoms with van der Waals surface area (Å²) in [5, 5.41) is 0.757. The first kappa shape index (κ1) is 14.3. The Morgan fingerprint density at radius 1 is 1.52 bits per heavy atom. The molecular formula is C15H19N3O2S. The fraction of sp³-hybridized carbons (Fsp3) is 0.467. The number of hydrogen-bond acceptors (Lipinski definition) is 5. The summed E-state index contributed by atoms with van der Waals surface area (Å²) >= 11 is 1.40. The number of nitrogens with two attached hydrogens (primary N) is 1. The van der Waals surface area contributed by atoms with Gasteiger partial charge in [-0.3, -0.25) is 4.79 Å². The van der Waals surface area contributed by atoms with E-state index in [-0.39, 0.29) is 11.9 Å². The van der Waals surface area contributed by atoms with Gasteiger partial charge in [-0.05, 0) is 38.8 Å². The van der Waals surface area contributed by atoms with Gasteiger partial charge < -0.3 is 15.1 Å². The highest BCUT2D eigenvalue weighted by Crippen LogP contribution is 2.31. The molecule has 3 heterocycles. The molecule has 1 unspecified atom stereocenters. The fourth-order valence-corrected chi connectivity index (χ4v) is 3.71. The van der Waals surface area contributed by atoms with E-state index in [4.69, 9.17) is 10.2 Å². The molecule has 1 aliphatic heterocycles. The lowest BCUT2D eigenvalue weighted by molar-refractivity contribution is 0.0745. The third kappa shape index (κ3) is 2.61. The summed E-state index contributed by atoms with van der Waals surface area (Å²) in [6.45, 7) is 5.07. The maximum atomic E-state index is 12.7. The minimum absolute atomic E-state index is 0.0486. The van der Waals surface area contributed by atoms with Crippen molar-refractivity contribution in [2.24, 2.45) is 5.73 Å². The predicted octanol–water partition coefficient (Wildman–Crippen LogP) is 2.58. The molecular weight excluding hydrogens is 286 g/mol. The molecule has 0 aliphatic carbocycles. The van der Waals surface area contributed by atoms with Crippen LogP contribution in [0.4, 0.5) is 0 Å². The molecule has 112 valence electrons. The summed E-state index contributed by atoms with van der Waals surface area (Å²) in [5.74, 6) is 1.61. The minimum Gasteiger partial charge on any atom is -0.459 e. The lowest BCUT2D eigenvalue weighted by Gasteiger charge is -2.22. The summed E-state index contributed by atoms with van der Waals surface area (Å²) in [7, 11) is 0. The van der Waals surface area contributed by atoms with Crippen LogP contribution in [0.15, 0.2) is 16.5 Å². The van der Waals surface area contributed by atoms with Crippen molar-refractivity contribution in [3.8, 4) is 10.8 Å². The highest BCUT2D eigenvalue weighted by molar-refractivity contribution is 7.17. The average molecular weight is 305 g/mol. The first-order valence-electron chi connectivity index (χ1n) is 7.15. The number of thiazole rings is 1. The van der Waals surface area contributed by atoms with Crippen LogP contribution in [0.5, 0.6) is 0 Å². The highest BCUT2D eigenvalue weighted by Gasteiger charge is 2.30. The number of rotatable bonds is 3. The van der Waals surface area contributed by atoms with Crippen LogP contribution in [-0.2, 0) is 0 Å². The van der Waals surface area contributed by atoms with E-state index in [1.54, 1.807) is 0 Å². The van der Waals surface area contributed by atoms with E-state index in [1.807, 2.05) is 30.9 Å². The van der Waals surface area contributed by atoms with Gasteiger partial charge in [0.25, 0.3) is 5.91 Å². The van der Waals surface area contributed by atoms with Crippen molar-refractivity contribution >= 4 is 17.2 Å². The van der Waals surface area contributed by atoms with Gasteiger partial charge in [0.1, 0.15) is 10.6 Å². The zero-order chi connectivity index (χ0) is 15.0. The van der Waals surface area contributed by atoms with E-state index in [9.17, 15) is 4.79 Å². The second kappa shape index (κ2) is 5.61. The van der Waals surface area contributed by atoms with Gasteiger partial charge in [0.05, 0.1) is 5.69 Å². The molecule has 1 aliphatic rings. The Morgan fingerprint density at radius 2 is 2.33 bits per heavy atom. The van der Waals surface area contributed by atoms with Gasteiger partial charge in [-0.25, -0.2) is 4.98 Å². The summed E-state index contributed by atoms with van der Waals surface area (Å²) in [5.41, 5.74) is 6.52. The van der Waals surface area contributed by atoms with Crippen LogP contribution in [0.2, 0.25) is 0 Å². The number of hydrogen-bond donors (Lipinski definition) is 1. The van der Waals surface area contributed by atoms with Crippen LogP contribution in [-0.4, -0.2) is 34.9 Å². The molecule has 2 N–H and O–H groups in total. The zero-order valence-corrected chi connectivity index (χ0v) is 13.1. The molecule has 0 spiro atoms. The maximum absolute atomic E-state index is 12.7. The highest BCUT2D eigenvalue weighted by atomic mass is 32.1. The van der Waals surface area contributed by atoms with E-state index in [2.05, 4.69) is 4.98 Å². The van der Waals surface area contributed by atoms with Crippen molar-refractivity contribution < 1.29 is 9.21 Å². The van der Waals surface area contributed by atoms with E-state index < -0.39 is 0 Å². The van der Waals surface area contributed by atoms with Crippen LogP contribution >= 0.6 is 11.3 Å². The third-order valence-electron chi connectivity index (χ3n) is 3.85. The maximum Gasteiger partial charge on any atom is 0.266 e. The summed E-state index contributed by atoms with van der Waals surface area (Å²) in [6.07, 6.45) is 2.01. The first-order chi connectivity index (χ1) is 10.1. The molecule has 0 saturated carbocycles. The number of amides is 1. The molecule has 0 bridgehead atoms. The quantitative estimate of drug-likeness (QED) is 0.946. The molecule has 0 aromatic carbocycles. The third-order valence-corrected chi connectivity index (χ3v) is 5.01. The molecule has 3 rings (SSSR count). The average Bonchev–Trinajstić information content (AvgIpc) is 3.16. The summed E-state index contributed by atoms with van der Waals surface area (Å²) < 4.78 is 5.59. The molecule has 1 fully saturated rings. The summed E-state index contributed by atoms with van der Waals surface area (Å²) in [4.78, 5) is 19.8. The number of likely N-dealkylation sites (tertiary alicyclic amines) is 1. The van der Waals surface area contributed by atoms with Gasteiger partial charge in [0.15, 0.2) is 10.8 Å². The Bertz CT molecular complexity index is 662. The number of carbonyl (C=O) groups is 1. The monoisotopic (exact) mass is 305 g/mol. The number of furan rings is 1. The Hall–Kier alpha value is -1.66. The van der Waals surface area contributed by atoms with Crippen LogP contribution in [0.3, 0.4) is 0 Å². The Balaban J connectivity index is 1.89. The molecule has 1 atom stereocenters. The Labute approximate surface area is 127 Å². The van der Waals surface area contributed by atoms with Crippen LogP contribution < -0.4 is 5.73 Å². The van der Waals surface area contributed by atoms with Crippen LogP contribution in [0.1, 0.15) is 34.0 Å². The SMILES string of the molecule is Cc1ccc(-c2nc(C)c(C(=O)N3CCCC3CN)s2)o1. The van der Waals surface area contributed by atoms with E-state index in [1.165, 1.54) is 11.3 Å². The van der Waals surface area contributed by atoms with Crippen molar-refractivity contribution in [2.75, 3.05) is 13.1 Å². The molecule has 2 aromatic rings. The van der Waals surface area contributed by atoms with Gasteiger partial charge >= 0.3 is 0 Å². The smallest absolute Gasteiger partial charge is 0.266 e. The van der Waals surface area contributed by atoms with Gasteiger partial charge in [0.2, 0.25) is 0 Å². The number of aromatic nitrogens is 1. The first-order valence-corrected chi connectivity index (χ1v) is 7.97. The van der Waals surface area contributed by atoms with Crippen molar-refractivity contribution in [3.05, 3.63) is 28.5 Å². The molecule has 21 heavy (non-hydrogen) atoms. The molecule has 5 nitrogen and oxygen atoms in total. The van der Waals surface area contributed by atoms with E-state index in [0.717, 1.165) is 41.6 Å². The molecule has 1 saturated heterocycles. The Kier molecular flexibility index (Phi) is 3.82. The van der Waals surface area contributed by atoms with Crippen molar-refractivity contribution in [3.63, 3.8) is 0 Å². The van der Waals surface area contributed by atoms with Gasteiger partial charge in [-0.15, -0.1) is 11.3 Å². The van der Waals surface area contributed by atoms with Gasteiger partial charge in [-0.1, -0.05) is 0 Å². The topological polar surface area (TPSA) is 72.4 Å². The van der Waals surface area contributed by atoms with Gasteiger partial charge in [0, 0.05) is 19.1 Å². The lowest BCUT2D eigenvalue weighted by atomic mass is 10.2. The van der Waals surface area contributed by atoms with E-state index >= 15 is 0 Å². The van der Waals surface area contributed by atoms with Crippen molar-refractivity contribution in [1.29, 1.82) is 0 Å². The van der Waals surface area contributed by atoms with Gasteiger partial charge in [-0.2, -0.15) is 0 Å². The summed E-state index contributed by atoms with van der Waals surface area (Å²) in [6, 6.07) is 3.95.